The number of carbonyl (C=O) groups is 1. The fourth-order valence-corrected chi connectivity index (χ4v) is 3.68. The molecule has 0 aliphatic rings. The Morgan fingerprint density at radius 2 is 2.32 bits per heavy atom. The van der Waals surface area contributed by atoms with Crippen LogP contribution in [0, 0.1) is 6.92 Å². The van der Waals surface area contributed by atoms with Gasteiger partial charge in [-0.3, -0.25) is 0 Å². The molecule has 3 aromatic rings. The molecule has 0 aliphatic heterocycles. The van der Waals surface area contributed by atoms with E-state index in [2.05, 4.69) is 9.97 Å². The monoisotopic (exact) mass is 292 g/mol. The van der Waals surface area contributed by atoms with Crippen LogP contribution in [0.4, 0.5) is 0 Å². The number of aryl methyl sites for hydroxylation is 1. The maximum absolute atomic E-state index is 11.0. The zero-order valence-corrected chi connectivity index (χ0v) is 11.4. The molecule has 0 aromatic carbocycles. The van der Waals surface area contributed by atoms with Crippen molar-refractivity contribution in [1.29, 1.82) is 0 Å². The van der Waals surface area contributed by atoms with E-state index in [1.54, 1.807) is 25.5 Å². The predicted octanol–water partition coefficient (Wildman–Crippen LogP) is 3.44. The van der Waals surface area contributed by atoms with E-state index in [1.165, 1.54) is 11.8 Å². The van der Waals surface area contributed by atoms with Gasteiger partial charge in [0.1, 0.15) is 15.5 Å². The summed E-state index contributed by atoms with van der Waals surface area (Å²) >= 11 is 2.50. The van der Waals surface area contributed by atoms with E-state index in [9.17, 15) is 4.79 Å². The lowest BCUT2D eigenvalue weighted by molar-refractivity contribution is 0.0701. The number of carboxylic acid groups (broad SMARTS) is 1. The van der Waals surface area contributed by atoms with Crippen molar-refractivity contribution in [2.45, 2.75) is 16.3 Å². The van der Waals surface area contributed by atoms with Crippen molar-refractivity contribution in [2.24, 2.45) is 0 Å². The summed E-state index contributed by atoms with van der Waals surface area (Å²) in [4.78, 5) is 19.8. The third-order valence-corrected chi connectivity index (χ3v) is 4.72. The maximum atomic E-state index is 11.0. The Morgan fingerprint density at radius 1 is 1.47 bits per heavy atom. The third-order valence-electron chi connectivity index (χ3n) is 2.50. The second kappa shape index (κ2) is 4.67. The van der Waals surface area contributed by atoms with Gasteiger partial charge in [0.05, 0.1) is 17.3 Å². The third kappa shape index (κ3) is 2.22. The van der Waals surface area contributed by atoms with Crippen molar-refractivity contribution < 1.29 is 14.3 Å². The molecule has 3 aromatic heterocycles. The Bertz CT molecular complexity index is 763. The molecule has 19 heavy (non-hydrogen) atoms. The van der Waals surface area contributed by atoms with Gasteiger partial charge in [-0.2, -0.15) is 0 Å². The molecule has 0 saturated heterocycles. The largest absolute Gasteiger partial charge is 0.477 e. The van der Waals surface area contributed by atoms with Crippen molar-refractivity contribution in [3.05, 3.63) is 35.2 Å². The Balaban J connectivity index is 1.99. The molecule has 96 valence electrons. The molecule has 0 aliphatic carbocycles. The Morgan fingerprint density at radius 3 is 3.05 bits per heavy atom. The summed E-state index contributed by atoms with van der Waals surface area (Å²) in [5.41, 5.74) is 1.28. The van der Waals surface area contributed by atoms with E-state index in [0.29, 0.717) is 10.0 Å². The molecular formula is C12H8N2O3S2. The van der Waals surface area contributed by atoms with Crippen molar-refractivity contribution >= 4 is 40.0 Å². The standard InChI is InChI=1S/C12H8N2O3S2/c1-6-9(11(15)16)18-12(14-6)19-10-7-3-5-17-8(7)2-4-13-10/h2-5H,1H3,(H,15,16). The zero-order chi connectivity index (χ0) is 13.4. The van der Waals surface area contributed by atoms with E-state index >= 15 is 0 Å². The topological polar surface area (TPSA) is 76.2 Å². The fraction of sp³-hybridized carbons (Fsp3) is 0.0833. The second-order valence-electron chi connectivity index (χ2n) is 3.75. The van der Waals surface area contributed by atoms with Crippen molar-refractivity contribution in [1.82, 2.24) is 9.97 Å². The van der Waals surface area contributed by atoms with Gasteiger partial charge in [0.2, 0.25) is 0 Å². The first-order valence-corrected chi connectivity index (χ1v) is 6.99. The summed E-state index contributed by atoms with van der Waals surface area (Å²) in [7, 11) is 0. The number of pyridine rings is 1. The number of fused-ring (bicyclic) bond motifs is 1. The first-order chi connectivity index (χ1) is 9.15. The number of nitrogens with zero attached hydrogens (tertiary/aromatic N) is 2. The normalized spacial score (nSPS) is 11.0. The quantitative estimate of drug-likeness (QED) is 0.797. The van der Waals surface area contributed by atoms with Crippen LogP contribution in [0.15, 0.2) is 38.4 Å². The molecule has 0 radical (unpaired) electrons. The number of furan rings is 1. The molecule has 1 N–H and O–H groups in total. The van der Waals surface area contributed by atoms with Crippen LogP contribution < -0.4 is 0 Å². The van der Waals surface area contributed by atoms with Gasteiger partial charge in [-0.05, 0) is 30.8 Å². The SMILES string of the molecule is Cc1nc(Sc2nccc3occc23)sc1C(=O)O. The van der Waals surface area contributed by atoms with Gasteiger partial charge < -0.3 is 9.52 Å². The molecule has 3 rings (SSSR count). The smallest absolute Gasteiger partial charge is 0.347 e. The average Bonchev–Trinajstić information content (AvgIpc) is 2.96. The van der Waals surface area contributed by atoms with Gasteiger partial charge in [0.15, 0.2) is 4.34 Å². The van der Waals surface area contributed by atoms with Crippen LogP contribution in [0.25, 0.3) is 11.0 Å². The number of hydrogen-bond donors (Lipinski definition) is 1. The molecule has 7 heteroatoms. The van der Waals surface area contributed by atoms with Crippen LogP contribution >= 0.6 is 23.1 Å². The minimum atomic E-state index is -0.948. The molecule has 0 amide bonds. The van der Waals surface area contributed by atoms with Crippen LogP contribution in [0.3, 0.4) is 0 Å². The lowest BCUT2D eigenvalue weighted by atomic mass is 10.3. The van der Waals surface area contributed by atoms with Crippen molar-refractivity contribution in [2.75, 3.05) is 0 Å². The number of rotatable bonds is 3. The second-order valence-corrected chi connectivity index (χ2v) is 5.99. The molecule has 0 bridgehead atoms. The highest BCUT2D eigenvalue weighted by Crippen LogP contribution is 2.35. The fourth-order valence-electron chi connectivity index (χ4n) is 1.65. The lowest BCUT2D eigenvalue weighted by Gasteiger charge is -1.97. The Kier molecular flexibility index (Phi) is 3.00. The summed E-state index contributed by atoms with van der Waals surface area (Å²) < 4.78 is 5.96. The van der Waals surface area contributed by atoms with Crippen LogP contribution in [0.5, 0.6) is 0 Å². The molecular weight excluding hydrogens is 284 g/mol. The van der Waals surface area contributed by atoms with Gasteiger partial charge >= 0.3 is 5.97 Å². The molecule has 0 saturated carbocycles. The minimum Gasteiger partial charge on any atom is -0.477 e. The van der Waals surface area contributed by atoms with Gasteiger partial charge in [-0.1, -0.05) is 11.3 Å². The number of hydrogen-bond acceptors (Lipinski definition) is 6. The average molecular weight is 292 g/mol. The molecule has 0 fully saturated rings. The Labute approximate surface area is 116 Å². The van der Waals surface area contributed by atoms with E-state index < -0.39 is 5.97 Å². The maximum Gasteiger partial charge on any atom is 0.347 e. The van der Waals surface area contributed by atoms with Gasteiger partial charge in [0.25, 0.3) is 0 Å². The first kappa shape index (κ1) is 12.2. The molecule has 3 heterocycles. The summed E-state index contributed by atoms with van der Waals surface area (Å²) in [5, 5.41) is 10.7. The van der Waals surface area contributed by atoms with E-state index in [4.69, 9.17) is 9.52 Å². The van der Waals surface area contributed by atoms with Crippen LogP contribution in [0.1, 0.15) is 15.4 Å². The van der Waals surface area contributed by atoms with E-state index in [0.717, 1.165) is 27.3 Å². The summed E-state index contributed by atoms with van der Waals surface area (Å²) in [5.74, 6) is -0.948. The molecule has 5 nitrogen and oxygen atoms in total. The number of carboxylic acids is 1. The van der Waals surface area contributed by atoms with Crippen LogP contribution in [0.2, 0.25) is 0 Å². The van der Waals surface area contributed by atoms with E-state index in [1.807, 2.05) is 6.07 Å². The molecule has 0 unspecified atom stereocenters. The minimum absolute atomic E-state index is 0.266. The van der Waals surface area contributed by atoms with Crippen LogP contribution in [-0.4, -0.2) is 21.0 Å². The van der Waals surface area contributed by atoms with Gasteiger partial charge in [-0.15, -0.1) is 0 Å². The zero-order valence-electron chi connectivity index (χ0n) is 9.78. The van der Waals surface area contributed by atoms with Crippen molar-refractivity contribution in [3.8, 4) is 0 Å². The highest BCUT2D eigenvalue weighted by Gasteiger charge is 2.16. The summed E-state index contributed by atoms with van der Waals surface area (Å²) in [6, 6.07) is 3.62. The number of aromatic nitrogens is 2. The van der Waals surface area contributed by atoms with Crippen molar-refractivity contribution in [3.63, 3.8) is 0 Å². The van der Waals surface area contributed by atoms with Gasteiger partial charge in [0, 0.05) is 6.20 Å². The molecule has 0 spiro atoms. The first-order valence-electron chi connectivity index (χ1n) is 5.36. The van der Waals surface area contributed by atoms with Crippen LogP contribution in [-0.2, 0) is 0 Å². The number of aromatic carboxylic acids is 1. The summed E-state index contributed by atoms with van der Waals surface area (Å²) in [6.45, 7) is 1.69. The summed E-state index contributed by atoms with van der Waals surface area (Å²) in [6.07, 6.45) is 3.26. The highest BCUT2D eigenvalue weighted by molar-refractivity contribution is 8.01. The lowest BCUT2D eigenvalue weighted by Crippen LogP contribution is -1.94. The highest BCUT2D eigenvalue weighted by atomic mass is 32.2. The predicted molar refractivity (Wildman–Crippen MR) is 71.9 cm³/mol. The van der Waals surface area contributed by atoms with E-state index in [-0.39, 0.29) is 4.88 Å². The Hall–Kier alpha value is -1.86. The molecule has 0 atom stereocenters. The van der Waals surface area contributed by atoms with Gasteiger partial charge in [-0.25, -0.2) is 14.8 Å². The number of thiazole rings is 1.